The van der Waals surface area contributed by atoms with Gasteiger partial charge in [-0.3, -0.25) is 4.90 Å². The second kappa shape index (κ2) is 8.43. The summed E-state index contributed by atoms with van der Waals surface area (Å²) in [5, 5.41) is 3.75. The molecule has 0 amide bonds. The summed E-state index contributed by atoms with van der Waals surface area (Å²) in [5.41, 5.74) is 1.60. The lowest BCUT2D eigenvalue weighted by atomic mass is 9.79. The SMILES string of the molecule is CCNC(c1ccccc1)C(CC)(CC)N(CC)CC. The number of likely N-dealkylation sites (N-methyl/N-ethyl adjacent to an activating group) is 2. The van der Waals surface area contributed by atoms with Crippen LogP contribution in [0.2, 0.25) is 0 Å². The smallest absolute Gasteiger partial charge is 0.0506 e. The van der Waals surface area contributed by atoms with Gasteiger partial charge in [0.2, 0.25) is 0 Å². The topological polar surface area (TPSA) is 15.3 Å². The predicted octanol–water partition coefficient (Wildman–Crippen LogP) is 4.24. The van der Waals surface area contributed by atoms with Crippen LogP contribution in [0.25, 0.3) is 0 Å². The van der Waals surface area contributed by atoms with Crippen molar-refractivity contribution in [2.24, 2.45) is 0 Å². The fraction of sp³-hybridized carbons (Fsp3) is 0.667. The molecule has 0 fully saturated rings. The molecule has 0 saturated heterocycles. The summed E-state index contributed by atoms with van der Waals surface area (Å²) in [6, 6.07) is 11.3. The number of rotatable bonds is 9. The minimum absolute atomic E-state index is 0.195. The first-order valence-electron chi connectivity index (χ1n) is 8.23. The summed E-state index contributed by atoms with van der Waals surface area (Å²) >= 11 is 0. The van der Waals surface area contributed by atoms with E-state index >= 15 is 0 Å². The Labute approximate surface area is 125 Å². The molecule has 0 heterocycles. The summed E-state index contributed by atoms with van der Waals surface area (Å²) in [6.07, 6.45) is 2.33. The van der Waals surface area contributed by atoms with Crippen molar-refractivity contribution >= 4 is 0 Å². The van der Waals surface area contributed by atoms with Gasteiger partial charge in [0.1, 0.15) is 0 Å². The van der Waals surface area contributed by atoms with Gasteiger partial charge in [0.05, 0.1) is 6.04 Å². The van der Waals surface area contributed by atoms with Crippen LogP contribution in [0, 0.1) is 0 Å². The maximum absolute atomic E-state index is 3.75. The van der Waals surface area contributed by atoms with Gasteiger partial charge in [-0.05, 0) is 38.0 Å². The molecule has 114 valence electrons. The van der Waals surface area contributed by atoms with Crippen molar-refractivity contribution < 1.29 is 0 Å². The van der Waals surface area contributed by atoms with Crippen LogP contribution in [0.15, 0.2) is 30.3 Å². The van der Waals surface area contributed by atoms with Gasteiger partial charge in [0.15, 0.2) is 0 Å². The van der Waals surface area contributed by atoms with Crippen LogP contribution in [0.3, 0.4) is 0 Å². The van der Waals surface area contributed by atoms with Crippen LogP contribution in [0.4, 0.5) is 0 Å². The number of nitrogens with zero attached hydrogens (tertiary/aromatic N) is 1. The summed E-state index contributed by atoms with van der Waals surface area (Å²) in [5.74, 6) is 0. The zero-order valence-corrected chi connectivity index (χ0v) is 13.9. The first kappa shape index (κ1) is 17.2. The average molecular weight is 276 g/mol. The predicted molar refractivity (Wildman–Crippen MR) is 89.1 cm³/mol. The molecule has 1 N–H and O–H groups in total. The first-order valence-corrected chi connectivity index (χ1v) is 8.23. The van der Waals surface area contributed by atoms with Crippen molar-refractivity contribution in [3.05, 3.63) is 35.9 Å². The Bertz CT molecular complexity index is 353. The highest BCUT2D eigenvalue weighted by Gasteiger charge is 2.40. The largest absolute Gasteiger partial charge is 0.309 e. The molecule has 1 aromatic rings. The third kappa shape index (κ3) is 3.42. The third-order valence-corrected chi connectivity index (χ3v) is 4.70. The molecule has 0 aromatic heterocycles. The van der Waals surface area contributed by atoms with E-state index in [0.717, 1.165) is 32.5 Å². The van der Waals surface area contributed by atoms with E-state index in [4.69, 9.17) is 0 Å². The second-order valence-corrected chi connectivity index (χ2v) is 5.38. The molecule has 0 aliphatic rings. The highest BCUT2D eigenvalue weighted by molar-refractivity contribution is 5.23. The summed E-state index contributed by atoms with van der Waals surface area (Å²) in [6.45, 7) is 14.6. The quantitative estimate of drug-likeness (QED) is 0.726. The van der Waals surface area contributed by atoms with E-state index in [1.54, 1.807) is 0 Å². The van der Waals surface area contributed by atoms with E-state index in [0.29, 0.717) is 6.04 Å². The summed E-state index contributed by atoms with van der Waals surface area (Å²) in [4.78, 5) is 2.63. The minimum atomic E-state index is 0.195. The second-order valence-electron chi connectivity index (χ2n) is 5.38. The standard InChI is InChI=1S/C18H32N2/c1-6-18(7-2,20(9-4)10-5)17(19-8-3)16-14-12-11-13-15-16/h11-15,17,19H,6-10H2,1-5H3. The Morgan fingerprint density at radius 2 is 1.50 bits per heavy atom. The molecule has 2 heteroatoms. The maximum Gasteiger partial charge on any atom is 0.0506 e. The monoisotopic (exact) mass is 276 g/mol. The molecule has 0 spiro atoms. The molecule has 0 bridgehead atoms. The zero-order chi connectivity index (χ0) is 15.0. The minimum Gasteiger partial charge on any atom is -0.309 e. The molecule has 0 radical (unpaired) electrons. The fourth-order valence-electron chi connectivity index (χ4n) is 3.61. The van der Waals surface area contributed by atoms with Crippen LogP contribution < -0.4 is 5.32 Å². The third-order valence-electron chi connectivity index (χ3n) is 4.70. The molecule has 20 heavy (non-hydrogen) atoms. The van der Waals surface area contributed by atoms with Crippen molar-refractivity contribution in [1.82, 2.24) is 10.2 Å². The van der Waals surface area contributed by atoms with Crippen LogP contribution in [0.5, 0.6) is 0 Å². The molecule has 1 aromatic carbocycles. The Kier molecular flexibility index (Phi) is 7.25. The van der Waals surface area contributed by atoms with Crippen molar-refractivity contribution in [1.29, 1.82) is 0 Å². The van der Waals surface area contributed by atoms with Gasteiger partial charge in [-0.2, -0.15) is 0 Å². The average Bonchev–Trinajstić information content (AvgIpc) is 2.52. The molecule has 2 nitrogen and oxygen atoms in total. The summed E-state index contributed by atoms with van der Waals surface area (Å²) in [7, 11) is 0. The highest BCUT2D eigenvalue weighted by atomic mass is 15.2. The molecule has 0 aliphatic carbocycles. The van der Waals surface area contributed by atoms with E-state index in [-0.39, 0.29) is 5.54 Å². The molecule has 1 unspecified atom stereocenters. The number of nitrogens with one attached hydrogen (secondary N) is 1. The maximum atomic E-state index is 3.75. The number of hydrogen-bond donors (Lipinski definition) is 1. The lowest BCUT2D eigenvalue weighted by Gasteiger charge is -2.48. The Balaban J connectivity index is 3.24. The van der Waals surface area contributed by atoms with Gasteiger partial charge in [-0.15, -0.1) is 0 Å². The molecule has 0 saturated carbocycles. The van der Waals surface area contributed by atoms with E-state index in [1.807, 2.05) is 0 Å². The van der Waals surface area contributed by atoms with Gasteiger partial charge in [0.25, 0.3) is 0 Å². The Morgan fingerprint density at radius 1 is 0.950 bits per heavy atom. The van der Waals surface area contributed by atoms with Crippen LogP contribution >= 0.6 is 0 Å². The van der Waals surface area contributed by atoms with E-state index in [2.05, 4.69) is 75.2 Å². The van der Waals surface area contributed by atoms with Crippen molar-refractivity contribution in [3.8, 4) is 0 Å². The van der Waals surface area contributed by atoms with Crippen molar-refractivity contribution in [3.63, 3.8) is 0 Å². The van der Waals surface area contributed by atoms with Gasteiger partial charge >= 0.3 is 0 Å². The van der Waals surface area contributed by atoms with Crippen molar-refractivity contribution in [2.75, 3.05) is 19.6 Å². The zero-order valence-electron chi connectivity index (χ0n) is 13.9. The first-order chi connectivity index (χ1) is 9.69. The van der Waals surface area contributed by atoms with Crippen LogP contribution in [-0.2, 0) is 0 Å². The molecule has 1 rings (SSSR count). The number of benzene rings is 1. The van der Waals surface area contributed by atoms with Gasteiger partial charge < -0.3 is 5.32 Å². The van der Waals surface area contributed by atoms with E-state index in [9.17, 15) is 0 Å². The summed E-state index contributed by atoms with van der Waals surface area (Å²) < 4.78 is 0. The molecular weight excluding hydrogens is 244 g/mol. The van der Waals surface area contributed by atoms with E-state index in [1.165, 1.54) is 5.56 Å². The van der Waals surface area contributed by atoms with Crippen molar-refractivity contribution in [2.45, 2.75) is 59.0 Å². The molecule has 1 atom stereocenters. The fourth-order valence-corrected chi connectivity index (χ4v) is 3.61. The Morgan fingerprint density at radius 3 is 1.90 bits per heavy atom. The van der Waals surface area contributed by atoms with Gasteiger partial charge in [0, 0.05) is 5.54 Å². The van der Waals surface area contributed by atoms with Crippen LogP contribution in [-0.4, -0.2) is 30.1 Å². The van der Waals surface area contributed by atoms with Gasteiger partial charge in [-0.1, -0.05) is 65.0 Å². The lowest BCUT2D eigenvalue weighted by molar-refractivity contribution is 0.0493. The molecule has 0 aliphatic heterocycles. The molecular formula is C18H32N2. The van der Waals surface area contributed by atoms with Gasteiger partial charge in [-0.25, -0.2) is 0 Å². The Hall–Kier alpha value is -0.860. The lowest BCUT2D eigenvalue weighted by Crippen LogP contribution is -2.56. The van der Waals surface area contributed by atoms with Crippen LogP contribution in [0.1, 0.15) is 59.1 Å². The normalized spacial score (nSPS) is 13.7. The van der Waals surface area contributed by atoms with E-state index < -0.39 is 0 Å². The number of hydrogen-bond acceptors (Lipinski definition) is 2. The highest BCUT2D eigenvalue weighted by Crippen LogP contribution is 2.37.